The summed E-state index contributed by atoms with van der Waals surface area (Å²) in [5, 5.41) is 11.6. The molecular formula is C26H42N4O4. The maximum atomic E-state index is 12.3. The van der Waals surface area contributed by atoms with Gasteiger partial charge in [-0.3, -0.25) is 9.59 Å². The molecule has 2 amide bonds. The monoisotopic (exact) mass is 474 g/mol. The van der Waals surface area contributed by atoms with Gasteiger partial charge in [-0.15, -0.1) is 0 Å². The van der Waals surface area contributed by atoms with E-state index in [1.165, 1.54) is 0 Å². The molecule has 1 fully saturated rings. The summed E-state index contributed by atoms with van der Waals surface area (Å²) in [6, 6.07) is 5.51. The number of rotatable bonds is 11. The number of hydrogen-bond acceptors (Lipinski definition) is 4. The second-order valence-corrected chi connectivity index (χ2v) is 9.74. The van der Waals surface area contributed by atoms with Crippen molar-refractivity contribution < 1.29 is 19.4 Å². The summed E-state index contributed by atoms with van der Waals surface area (Å²) in [7, 11) is 0. The lowest BCUT2D eigenvalue weighted by Gasteiger charge is -2.33. The van der Waals surface area contributed by atoms with Crippen molar-refractivity contribution in [1.82, 2.24) is 10.2 Å². The number of nitrogens with one attached hydrogen (secondary N) is 1. The number of guanidine groups is 1. The van der Waals surface area contributed by atoms with Crippen molar-refractivity contribution in [2.24, 2.45) is 22.1 Å². The smallest absolute Gasteiger partial charge is 0.254 e. The quantitative estimate of drug-likeness (QED) is 0.257. The molecule has 1 aliphatic heterocycles. The highest BCUT2D eigenvalue weighted by atomic mass is 16.5. The van der Waals surface area contributed by atoms with Crippen molar-refractivity contribution in [3.05, 3.63) is 29.3 Å². The van der Waals surface area contributed by atoms with Gasteiger partial charge in [-0.1, -0.05) is 20.8 Å². The summed E-state index contributed by atoms with van der Waals surface area (Å²) in [6.45, 7) is 10.5. The van der Waals surface area contributed by atoms with E-state index in [2.05, 4.69) is 10.3 Å². The molecule has 2 rings (SSSR count). The number of nitrogens with two attached hydrogens (primary N) is 1. The number of piperidine rings is 1. The van der Waals surface area contributed by atoms with E-state index in [1.54, 1.807) is 6.07 Å². The molecule has 0 saturated carbocycles. The Kier molecular flexibility index (Phi) is 10.8. The van der Waals surface area contributed by atoms with Crippen molar-refractivity contribution in [1.29, 1.82) is 0 Å². The molecular weight excluding hydrogens is 432 g/mol. The predicted octanol–water partition coefficient (Wildman–Crippen LogP) is 3.26. The summed E-state index contributed by atoms with van der Waals surface area (Å²) in [6.07, 6.45) is 5.37. The van der Waals surface area contributed by atoms with E-state index >= 15 is 0 Å². The van der Waals surface area contributed by atoms with E-state index in [0.29, 0.717) is 37.0 Å². The molecule has 1 heterocycles. The fourth-order valence-corrected chi connectivity index (χ4v) is 3.85. The Balaban J connectivity index is 1.71. The minimum atomic E-state index is -0.478. The standard InChI is InChI=1S/C26H42N4O4/c1-5-26(3,4)24(33)29-25(27)30-14-11-20(12-15-30)8-6-17-34-21-9-10-22(19(2)18-21)23(32)28-13-7-16-31/h9-10,18,20,31H,5-8,11-17H2,1-4H3,(H,28,32)(H2,27,29,33). The van der Waals surface area contributed by atoms with Gasteiger partial charge in [0.15, 0.2) is 5.96 Å². The average Bonchev–Trinajstić information content (AvgIpc) is 2.82. The van der Waals surface area contributed by atoms with Gasteiger partial charge in [0.05, 0.1) is 6.61 Å². The fourth-order valence-electron chi connectivity index (χ4n) is 3.85. The summed E-state index contributed by atoms with van der Waals surface area (Å²) >= 11 is 0. The van der Waals surface area contributed by atoms with Crippen LogP contribution in [0.15, 0.2) is 23.2 Å². The first kappa shape index (κ1) is 27.6. The topological polar surface area (TPSA) is 117 Å². The number of benzene rings is 1. The zero-order valence-corrected chi connectivity index (χ0v) is 21.2. The number of aliphatic hydroxyl groups is 1. The molecule has 1 saturated heterocycles. The van der Waals surface area contributed by atoms with Gasteiger partial charge in [0, 0.05) is 37.2 Å². The molecule has 190 valence electrons. The lowest BCUT2D eigenvalue weighted by Crippen LogP contribution is -2.44. The fraction of sp³-hybridized carbons (Fsp3) is 0.654. The molecule has 0 aliphatic carbocycles. The molecule has 0 aromatic heterocycles. The zero-order chi connectivity index (χ0) is 25.1. The van der Waals surface area contributed by atoms with Crippen molar-refractivity contribution in [3.63, 3.8) is 0 Å². The van der Waals surface area contributed by atoms with Crippen molar-refractivity contribution in [2.45, 2.75) is 66.2 Å². The number of aliphatic hydroxyl groups excluding tert-OH is 1. The second kappa shape index (κ2) is 13.3. The van der Waals surface area contributed by atoms with E-state index in [4.69, 9.17) is 15.6 Å². The second-order valence-electron chi connectivity index (χ2n) is 9.74. The van der Waals surface area contributed by atoms with Crippen molar-refractivity contribution in [2.75, 3.05) is 32.8 Å². The SMILES string of the molecule is CCC(C)(C)C(=O)N=C(N)N1CCC(CCCOc2ccc(C(=O)NCCCO)c(C)c2)CC1. The third-order valence-electron chi connectivity index (χ3n) is 6.71. The highest BCUT2D eigenvalue weighted by Gasteiger charge is 2.27. The van der Waals surface area contributed by atoms with Crippen LogP contribution in [0.25, 0.3) is 0 Å². The summed E-state index contributed by atoms with van der Waals surface area (Å²) in [5.41, 5.74) is 7.12. The molecule has 1 aromatic rings. The number of amides is 2. The number of hydrogen-bond donors (Lipinski definition) is 3. The minimum Gasteiger partial charge on any atom is -0.494 e. The lowest BCUT2D eigenvalue weighted by molar-refractivity contribution is -0.125. The molecule has 0 spiro atoms. The number of aliphatic imine (C=N–C) groups is 1. The average molecular weight is 475 g/mol. The number of ether oxygens (including phenoxy) is 1. The first-order valence-electron chi connectivity index (χ1n) is 12.4. The maximum Gasteiger partial charge on any atom is 0.254 e. The van der Waals surface area contributed by atoms with Gasteiger partial charge in [-0.05, 0) is 75.1 Å². The lowest BCUT2D eigenvalue weighted by atomic mass is 9.89. The summed E-state index contributed by atoms with van der Waals surface area (Å²) in [4.78, 5) is 30.6. The molecule has 8 nitrogen and oxygen atoms in total. The van der Waals surface area contributed by atoms with Crippen LogP contribution in [-0.2, 0) is 4.79 Å². The Labute approximate surface area is 204 Å². The van der Waals surface area contributed by atoms with Gasteiger partial charge in [-0.2, -0.15) is 4.99 Å². The highest BCUT2D eigenvalue weighted by molar-refractivity contribution is 5.96. The third-order valence-corrected chi connectivity index (χ3v) is 6.71. The van der Waals surface area contributed by atoms with E-state index in [-0.39, 0.29) is 18.4 Å². The Morgan fingerprint density at radius 1 is 1.26 bits per heavy atom. The molecule has 8 heteroatoms. The Bertz CT molecular complexity index is 845. The zero-order valence-electron chi connectivity index (χ0n) is 21.2. The van der Waals surface area contributed by atoms with Gasteiger partial charge in [-0.25, -0.2) is 0 Å². The molecule has 34 heavy (non-hydrogen) atoms. The van der Waals surface area contributed by atoms with Crippen LogP contribution in [0.3, 0.4) is 0 Å². The van der Waals surface area contributed by atoms with Gasteiger partial charge in [0.25, 0.3) is 11.8 Å². The third kappa shape index (κ3) is 8.31. The maximum absolute atomic E-state index is 12.3. The first-order chi connectivity index (χ1) is 16.2. The minimum absolute atomic E-state index is 0.0615. The van der Waals surface area contributed by atoms with E-state index in [1.807, 2.05) is 44.7 Å². The summed E-state index contributed by atoms with van der Waals surface area (Å²) in [5.74, 6) is 1.43. The van der Waals surface area contributed by atoms with Crippen LogP contribution in [0, 0.1) is 18.3 Å². The molecule has 0 bridgehead atoms. The van der Waals surface area contributed by atoms with Crippen LogP contribution < -0.4 is 15.8 Å². The largest absolute Gasteiger partial charge is 0.494 e. The van der Waals surface area contributed by atoms with Gasteiger partial charge in [0.2, 0.25) is 0 Å². The van der Waals surface area contributed by atoms with Gasteiger partial charge in [0.1, 0.15) is 5.75 Å². The molecule has 0 atom stereocenters. The number of carbonyl (C=O) groups is 2. The van der Waals surface area contributed by atoms with Crippen LogP contribution in [0.2, 0.25) is 0 Å². The van der Waals surface area contributed by atoms with Crippen LogP contribution in [0.5, 0.6) is 5.75 Å². The Morgan fingerprint density at radius 2 is 1.97 bits per heavy atom. The van der Waals surface area contributed by atoms with Gasteiger partial charge >= 0.3 is 0 Å². The molecule has 4 N–H and O–H groups in total. The van der Waals surface area contributed by atoms with Crippen molar-refractivity contribution >= 4 is 17.8 Å². The van der Waals surface area contributed by atoms with Crippen LogP contribution in [0.1, 0.15) is 75.2 Å². The molecule has 0 unspecified atom stereocenters. The van der Waals surface area contributed by atoms with Gasteiger partial charge < -0.3 is 25.8 Å². The Hall–Kier alpha value is -2.61. The first-order valence-corrected chi connectivity index (χ1v) is 12.4. The van der Waals surface area contributed by atoms with E-state index < -0.39 is 5.41 Å². The molecule has 1 aromatic carbocycles. The molecule has 0 radical (unpaired) electrons. The number of aryl methyl sites for hydroxylation is 1. The summed E-state index contributed by atoms with van der Waals surface area (Å²) < 4.78 is 5.90. The molecule has 1 aliphatic rings. The van der Waals surface area contributed by atoms with Crippen LogP contribution >= 0.6 is 0 Å². The number of carbonyl (C=O) groups excluding carboxylic acids is 2. The number of nitrogens with zero attached hydrogens (tertiary/aromatic N) is 2. The normalized spacial score (nSPS) is 15.3. The Morgan fingerprint density at radius 3 is 2.59 bits per heavy atom. The van der Waals surface area contributed by atoms with Crippen LogP contribution in [0.4, 0.5) is 0 Å². The van der Waals surface area contributed by atoms with E-state index in [9.17, 15) is 9.59 Å². The number of likely N-dealkylation sites (tertiary alicyclic amines) is 1. The van der Waals surface area contributed by atoms with E-state index in [0.717, 1.165) is 56.5 Å². The highest BCUT2D eigenvalue weighted by Crippen LogP contribution is 2.24. The predicted molar refractivity (Wildman–Crippen MR) is 135 cm³/mol. The van der Waals surface area contributed by atoms with Crippen molar-refractivity contribution in [3.8, 4) is 5.75 Å². The van der Waals surface area contributed by atoms with Crippen LogP contribution in [-0.4, -0.2) is 60.6 Å².